The maximum Gasteiger partial charge on any atom is 0.317 e. The number of amides is 1. The van der Waals surface area contributed by atoms with Gasteiger partial charge in [0.2, 0.25) is 5.91 Å². The van der Waals surface area contributed by atoms with Gasteiger partial charge in [0.1, 0.15) is 17.3 Å². The first-order valence-corrected chi connectivity index (χ1v) is 14.0. The number of fused-ring (bicyclic) bond motifs is 2. The molecule has 0 fully saturated rings. The first kappa shape index (κ1) is 33.9. The minimum absolute atomic E-state index is 0.0586. The van der Waals surface area contributed by atoms with E-state index >= 15 is 0 Å². The van der Waals surface area contributed by atoms with E-state index in [4.69, 9.17) is 11.5 Å². The molecule has 14 nitrogen and oxygen atoms in total. The molecule has 0 saturated carbocycles. The second-order valence-corrected chi connectivity index (χ2v) is 10.6. The number of primary amides is 1. The normalized spacial score (nSPS) is 16.4. The van der Waals surface area contributed by atoms with Crippen molar-refractivity contribution in [1.29, 1.82) is 0 Å². The molecule has 2 heterocycles. The molecule has 1 aromatic heterocycles. The minimum Gasteiger partial charge on any atom is -0.506 e. The van der Waals surface area contributed by atoms with E-state index in [9.17, 15) is 39.6 Å². The molecule has 1 aliphatic rings. The molecule has 2 bridgehead atoms. The summed E-state index contributed by atoms with van der Waals surface area (Å²) < 4.78 is 0. The molecule has 14 heteroatoms. The number of unbranched alkanes of at least 4 members (excludes halogenated alkanes) is 4. The molecule has 1 aromatic rings. The van der Waals surface area contributed by atoms with E-state index in [1.54, 1.807) is 9.80 Å². The highest BCUT2D eigenvalue weighted by atomic mass is 16.4. The molecule has 1 unspecified atom stereocenters. The highest BCUT2D eigenvalue weighted by molar-refractivity contribution is 5.84. The second kappa shape index (κ2) is 17.5. The van der Waals surface area contributed by atoms with Gasteiger partial charge < -0.3 is 36.8 Å². The fourth-order valence-electron chi connectivity index (χ4n) is 4.75. The fourth-order valence-corrected chi connectivity index (χ4v) is 4.75. The number of aromatic nitrogens is 1. The van der Waals surface area contributed by atoms with Crippen LogP contribution in [0.3, 0.4) is 0 Å². The Balaban J connectivity index is 1.94. The van der Waals surface area contributed by atoms with Crippen molar-refractivity contribution in [3.05, 3.63) is 17.5 Å². The lowest BCUT2D eigenvalue weighted by atomic mass is 10.0. The van der Waals surface area contributed by atoms with E-state index in [-0.39, 0.29) is 67.7 Å². The van der Waals surface area contributed by atoms with Crippen molar-refractivity contribution in [2.45, 2.75) is 70.5 Å². The number of aromatic hydroxyl groups is 2. The van der Waals surface area contributed by atoms with E-state index in [2.05, 4.69) is 9.88 Å². The number of aliphatic carboxylic acids is 2. The van der Waals surface area contributed by atoms with Crippen molar-refractivity contribution in [3.8, 4) is 11.5 Å². The van der Waals surface area contributed by atoms with Crippen LogP contribution in [0.4, 0.5) is 0 Å². The molecule has 230 valence electrons. The van der Waals surface area contributed by atoms with E-state index in [1.165, 1.54) is 0 Å². The molecule has 0 radical (unpaired) electrons. The number of nitrogens with two attached hydrogens (primary N) is 2. The average molecular weight is 581 g/mol. The monoisotopic (exact) mass is 580 g/mol. The Bertz CT molecular complexity index is 988. The van der Waals surface area contributed by atoms with Crippen LogP contribution in [0, 0.1) is 0 Å². The lowest BCUT2D eigenvalue weighted by Crippen LogP contribution is -2.42. The molecule has 1 aliphatic heterocycles. The smallest absolute Gasteiger partial charge is 0.317 e. The van der Waals surface area contributed by atoms with Crippen LogP contribution in [-0.2, 0) is 32.3 Å². The van der Waals surface area contributed by atoms with Gasteiger partial charge >= 0.3 is 11.9 Å². The molecule has 0 saturated heterocycles. The summed E-state index contributed by atoms with van der Waals surface area (Å²) >= 11 is 0. The van der Waals surface area contributed by atoms with Crippen LogP contribution in [0.15, 0.2) is 6.07 Å². The molecule has 0 aliphatic carbocycles. The third-order valence-electron chi connectivity index (χ3n) is 7.08. The molecule has 1 amide bonds. The third kappa shape index (κ3) is 13.3. The van der Waals surface area contributed by atoms with Crippen molar-refractivity contribution in [3.63, 3.8) is 0 Å². The van der Waals surface area contributed by atoms with Crippen LogP contribution in [0.1, 0.15) is 62.8 Å². The Morgan fingerprint density at radius 1 is 0.780 bits per heavy atom. The Morgan fingerprint density at radius 2 is 1.27 bits per heavy atom. The van der Waals surface area contributed by atoms with Crippen LogP contribution in [0.25, 0.3) is 0 Å². The number of rotatable bonds is 16. The third-order valence-corrected chi connectivity index (χ3v) is 7.08. The highest BCUT2D eigenvalue weighted by Crippen LogP contribution is 2.26. The zero-order chi connectivity index (χ0) is 30.4. The van der Waals surface area contributed by atoms with Crippen LogP contribution in [0.2, 0.25) is 0 Å². The van der Waals surface area contributed by atoms with Crippen molar-refractivity contribution in [1.82, 2.24) is 19.7 Å². The van der Waals surface area contributed by atoms with Gasteiger partial charge in [0, 0.05) is 58.2 Å². The zero-order valence-corrected chi connectivity index (χ0v) is 23.5. The zero-order valence-electron chi connectivity index (χ0n) is 23.5. The summed E-state index contributed by atoms with van der Waals surface area (Å²) in [5, 5.41) is 39.4. The first-order valence-electron chi connectivity index (χ1n) is 14.0. The number of hydrogen-bond acceptors (Lipinski definition) is 11. The Hall–Kier alpha value is -3.33. The maximum absolute atomic E-state index is 12.1. The number of carbonyl (C=O) groups excluding carboxylic acids is 2. The standard InChI is InChI=1S/C27H44N6O8/c28-19(7-8-25(29)37)22(34)6-4-2-1-3-5-9-31-10-12-32(17-26(38)39)15-20-23(35)14-24(36)21(30-20)16-33(13-11-31)18-27(40)41/h14,19,35-36H,1-13,15-18,28H2,(H2,29,37)(H,38,39)(H,40,41). The van der Waals surface area contributed by atoms with Crippen molar-refractivity contribution in [2.24, 2.45) is 11.5 Å². The van der Waals surface area contributed by atoms with Crippen LogP contribution in [0.5, 0.6) is 11.5 Å². The summed E-state index contributed by atoms with van der Waals surface area (Å²) in [6, 6.07) is 0.492. The molecular weight excluding hydrogens is 536 g/mol. The van der Waals surface area contributed by atoms with Gasteiger partial charge in [0.05, 0.1) is 30.5 Å². The molecule has 41 heavy (non-hydrogen) atoms. The number of carboxylic acids is 2. The number of hydrogen-bond donors (Lipinski definition) is 6. The number of Topliss-reactive ketones (excluding diaryl/α,β-unsaturated/α-hetero) is 1. The van der Waals surface area contributed by atoms with Crippen LogP contribution < -0.4 is 11.5 Å². The van der Waals surface area contributed by atoms with E-state index in [0.717, 1.165) is 44.7 Å². The van der Waals surface area contributed by atoms with Gasteiger partial charge in [-0.1, -0.05) is 19.3 Å². The van der Waals surface area contributed by atoms with Gasteiger partial charge in [0.25, 0.3) is 0 Å². The number of carboxylic acid groups (broad SMARTS) is 2. The van der Waals surface area contributed by atoms with Gasteiger partial charge in [-0.3, -0.25) is 29.0 Å². The Morgan fingerprint density at radius 3 is 1.78 bits per heavy atom. The van der Waals surface area contributed by atoms with Crippen molar-refractivity contribution in [2.75, 3.05) is 45.8 Å². The van der Waals surface area contributed by atoms with Crippen LogP contribution in [-0.4, -0.2) is 116 Å². The van der Waals surface area contributed by atoms with Crippen LogP contribution >= 0.6 is 0 Å². The second-order valence-electron chi connectivity index (χ2n) is 10.6. The van der Waals surface area contributed by atoms with Gasteiger partial charge in [-0.15, -0.1) is 0 Å². The van der Waals surface area contributed by atoms with E-state index in [0.29, 0.717) is 32.6 Å². The van der Waals surface area contributed by atoms with Gasteiger partial charge in [-0.2, -0.15) is 0 Å². The SMILES string of the molecule is NC(=O)CCC(N)C(=O)CCCCCCCN1CCN(CC(=O)O)Cc2nc(c(O)cc2O)CN(CC(=O)O)CC1. The summed E-state index contributed by atoms with van der Waals surface area (Å²) in [5.41, 5.74) is 11.3. The molecule has 0 spiro atoms. The summed E-state index contributed by atoms with van der Waals surface area (Å²) in [5.74, 6) is -3.07. The number of nitrogens with zero attached hydrogens (tertiary/aromatic N) is 4. The molecule has 2 rings (SSSR count). The topological polar surface area (TPSA) is 224 Å². The molecule has 0 aromatic carbocycles. The predicted octanol–water partition coefficient (Wildman–Crippen LogP) is 0.0841. The highest BCUT2D eigenvalue weighted by Gasteiger charge is 2.22. The summed E-state index contributed by atoms with van der Waals surface area (Å²) in [7, 11) is 0. The first-order chi connectivity index (χ1) is 19.4. The number of pyridine rings is 1. The quantitative estimate of drug-likeness (QED) is 0.143. The van der Waals surface area contributed by atoms with Crippen molar-refractivity contribution < 1.29 is 39.6 Å². The summed E-state index contributed by atoms with van der Waals surface area (Å²) in [4.78, 5) is 55.7. The van der Waals surface area contributed by atoms with Gasteiger partial charge in [-0.05, 0) is 25.8 Å². The number of ketones is 1. The maximum atomic E-state index is 12.1. The Kier molecular flexibility index (Phi) is 14.4. The molecule has 8 N–H and O–H groups in total. The minimum atomic E-state index is -1.01. The number of carbonyl (C=O) groups is 4. The van der Waals surface area contributed by atoms with E-state index in [1.807, 2.05) is 0 Å². The average Bonchev–Trinajstić information content (AvgIpc) is 2.88. The lowest BCUT2D eigenvalue weighted by Gasteiger charge is -2.30. The Labute approximate surface area is 239 Å². The fraction of sp³-hybridized carbons (Fsp3) is 0.667. The van der Waals surface area contributed by atoms with Crippen molar-refractivity contribution >= 4 is 23.6 Å². The van der Waals surface area contributed by atoms with Gasteiger partial charge in [-0.25, -0.2) is 4.98 Å². The predicted molar refractivity (Wildman–Crippen MR) is 149 cm³/mol. The largest absolute Gasteiger partial charge is 0.506 e. The molecular formula is C27H44N6O8. The summed E-state index contributed by atoms with van der Waals surface area (Å²) in [6.07, 6.45) is 5.03. The van der Waals surface area contributed by atoms with E-state index < -0.39 is 23.9 Å². The summed E-state index contributed by atoms with van der Waals surface area (Å²) in [6.45, 7) is 2.20. The van der Waals surface area contributed by atoms with Gasteiger partial charge in [0.15, 0.2) is 0 Å². The molecule has 1 atom stereocenters. The lowest BCUT2D eigenvalue weighted by molar-refractivity contribution is -0.139.